The number of aryl methyl sites for hydroxylation is 1. The molecular weight excluding hydrogens is 236 g/mol. The monoisotopic (exact) mass is 258 g/mol. The molecule has 3 heteroatoms. The van der Waals surface area contributed by atoms with Crippen molar-refractivity contribution in [3.05, 3.63) is 29.8 Å². The third-order valence-electron chi connectivity index (χ3n) is 4.57. The molecule has 2 unspecified atom stereocenters. The van der Waals surface area contributed by atoms with Crippen LogP contribution in [0.3, 0.4) is 0 Å². The van der Waals surface area contributed by atoms with Gasteiger partial charge in [0.05, 0.1) is 0 Å². The fourth-order valence-electron chi connectivity index (χ4n) is 3.49. The van der Waals surface area contributed by atoms with E-state index >= 15 is 0 Å². The lowest BCUT2D eigenvalue weighted by Crippen LogP contribution is -2.41. The molecule has 0 bridgehead atoms. The smallest absolute Gasteiger partial charge is 0.321 e. The molecule has 102 valence electrons. The van der Waals surface area contributed by atoms with Gasteiger partial charge in [0.1, 0.15) is 0 Å². The lowest BCUT2D eigenvalue weighted by molar-refractivity contribution is 0.182. The van der Waals surface area contributed by atoms with Crippen LogP contribution in [0.15, 0.2) is 24.3 Å². The van der Waals surface area contributed by atoms with Crippen molar-refractivity contribution < 1.29 is 4.79 Å². The Morgan fingerprint density at radius 2 is 1.89 bits per heavy atom. The Morgan fingerprint density at radius 3 is 2.68 bits per heavy atom. The highest BCUT2D eigenvalue weighted by molar-refractivity contribution is 5.89. The van der Waals surface area contributed by atoms with Gasteiger partial charge >= 0.3 is 6.03 Å². The zero-order valence-corrected chi connectivity index (χ0v) is 11.6. The molecule has 1 N–H and O–H groups in total. The minimum Gasteiger partial charge on any atom is -0.321 e. The van der Waals surface area contributed by atoms with Gasteiger partial charge in [-0.25, -0.2) is 4.79 Å². The molecule has 2 fully saturated rings. The molecule has 3 nitrogen and oxygen atoms in total. The van der Waals surface area contributed by atoms with E-state index in [1.54, 1.807) is 0 Å². The van der Waals surface area contributed by atoms with Crippen LogP contribution in [-0.4, -0.2) is 23.5 Å². The van der Waals surface area contributed by atoms with Crippen LogP contribution in [-0.2, 0) is 0 Å². The van der Waals surface area contributed by atoms with Crippen molar-refractivity contribution in [2.45, 2.75) is 45.1 Å². The van der Waals surface area contributed by atoms with Crippen LogP contribution in [0.5, 0.6) is 0 Å². The fraction of sp³-hybridized carbons (Fsp3) is 0.562. The second-order valence-corrected chi connectivity index (χ2v) is 5.89. The van der Waals surface area contributed by atoms with Crippen LogP contribution in [0.4, 0.5) is 10.5 Å². The van der Waals surface area contributed by atoms with Gasteiger partial charge in [0, 0.05) is 18.3 Å². The first-order valence-electron chi connectivity index (χ1n) is 7.38. The highest BCUT2D eigenvalue weighted by Crippen LogP contribution is 2.36. The van der Waals surface area contributed by atoms with E-state index in [1.807, 2.05) is 24.3 Å². The average Bonchev–Trinajstić information content (AvgIpc) is 2.85. The number of nitrogens with one attached hydrogen (secondary N) is 1. The highest BCUT2D eigenvalue weighted by Gasteiger charge is 2.38. The maximum absolute atomic E-state index is 12.4. The van der Waals surface area contributed by atoms with Crippen LogP contribution in [0.1, 0.15) is 37.7 Å². The Morgan fingerprint density at radius 1 is 1.16 bits per heavy atom. The molecule has 0 radical (unpaired) electrons. The molecule has 1 aliphatic heterocycles. The standard InChI is InChI=1S/C16H22N2O/c1-12-6-8-14(9-7-12)17-16(19)18-11-10-13-4-2-3-5-15(13)18/h6-9,13,15H,2-5,10-11H2,1H3,(H,17,19). The van der Waals surface area contributed by atoms with Crippen molar-refractivity contribution in [3.8, 4) is 0 Å². The molecule has 2 amide bonds. The Balaban J connectivity index is 1.65. The van der Waals surface area contributed by atoms with Gasteiger partial charge in [0.2, 0.25) is 0 Å². The number of carbonyl (C=O) groups is 1. The molecule has 2 atom stereocenters. The number of carbonyl (C=O) groups excluding carboxylic acids is 1. The van der Waals surface area contributed by atoms with Crippen molar-refractivity contribution in [2.75, 3.05) is 11.9 Å². The molecule has 1 aromatic carbocycles. The summed E-state index contributed by atoms with van der Waals surface area (Å²) in [6.45, 7) is 2.98. The van der Waals surface area contributed by atoms with Crippen molar-refractivity contribution in [3.63, 3.8) is 0 Å². The molecular formula is C16H22N2O. The maximum atomic E-state index is 12.4. The quantitative estimate of drug-likeness (QED) is 0.816. The van der Waals surface area contributed by atoms with E-state index in [0.717, 1.165) is 18.2 Å². The van der Waals surface area contributed by atoms with Crippen molar-refractivity contribution in [2.24, 2.45) is 5.92 Å². The SMILES string of the molecule is Cc1ccc(NC(=O)N2CCC3CCCCC32)cc1. The predicted octanol–water partition coefficient (Wildman–Crippen LogP) is 3.79. The summed E-state index contributed by atoms with van der Waals surface area (Å²) < 4.78 is 0. The minimum atomic E-state index is 0.0817. The van der Waals surface area contributed by atoms with Gasteiger partial charge in [-0.1, -0.05) is 30.5 Å². The number of benzene rings is 1. The third-order valence-corrected chi connectivity index (χ3v) is 4.57. The summed E-state index contributed by atoms with van der Waals surface area (Å²) in [5.41, 5.74) is 2.11. The van der Waals surface area contributed by atoms with E-state index in [-0.39, 0.29) is 6.03 Å². The Hall–Kier alpha value is -1.51. The number of hydrogen-bond acceptors (Lipinski definition) is 1. The summed E-state index contributed by atoms with van der Waals surface area (Å²) in [5, 5.41) is 3.03. The van der Waals surface area contributed by atoms with Gasteiger partial charge in [-0.3, -0.25) is 0 Å². The van der Waals surface area contributed by atoms with Gasteiger partial charge in [-0.2, -0.15) is 0 Å². The number of likely N-dealkylation sites (tertiary alicyclic amines) is 1. The van der Waals surface area contributed by atoms with Gasteiger partial charge in [0.25, 0.3) is 0 Å². The van der Waals surface area contributed by atoms with E-state index in [9.17, 15) is 4.79 Å². The zero-order valence-electron chi connectivity index (χ0n) is 11.6. The molecule has 19 heavy (non-hydrogen) atoms. The summed E-state index contributed by atoms with van der Waals surface area (Å²) in [4.78, 5) is 14.4. The number of nitrogens with zero attached hydrogens (tertiary/aromatic N) is 1. The molecule has 1 aromatic rings. The van der Waals surface area contributed by atoms with Crippen molar-refractivity contribution in [1.82, 2.24) is 4.90 Å². The maximum Gasteiger partial charge on any atom is 0.322 e. The van der Waals surface area contributed by atoms with E-state index in [0.29, 0.717) is 6.04 Å². The Bertz CT molecular complexity index is 454. The van der Waals surface area contributed by atoms with E-state index in [2.05, 4.69) is 17.1 Å². The zero-order chi connectivity index (χ0) is 13.2. The number of amides is 2. The number of hydrogen-bond donors (Lipinski definition) is 1. The topological polar surface area (TPSA) is 32.3 Å². The average molecular weight is 258 g/mol. The molecule has 0 spiro atoms. The molecule has 1 saturated heterocycles. The number of fused-ring (bicyclic) bond motifs is 1. The largest absolute Gasteiger partial charge is 0.322 e. The van der Waals surface area contributed by atoms with Gasteiger partial charge in [0.15, 0.2) is 0 Å². The summed E-state index contributed by atoms with van der Waals surface area (Å²) >= 11 is 0. The Labute approximate surface area is 115 Å². The Kier molecular flexibility index (Phi) is 3.45. The third kappa shape index (κ3) is 2.60. The second-order valence-electron chi connectivity index (χ2n) is 5.89. The van der Waals surface area contributed by atoms with Crippen LogP contribution in [0.2, 0.25) is 0 Å². The lowest BCUT2D eigenvalue weighted by Gasteiger charge is -2.31. The van der Waals surface area contributed by atoms with Crippen molar-refractivity contribution >= 4 is 11.7 Å². The molecule has 1 aliphatic carbocycles. The van der Waals surface area contributed by atoms with E-state index in [1.165, 1.54) is 37.7 Å². The van der Waals surface area contributed by atoms with Gasteiger partial charge < -0.3 is 10.2 Å². The predicted molar refractivity (Wildman–Crippen MR) is 77.3 cm³/mol. The van der Waals surface area contributed by atoms with Crippen molar-refractivity contribution in [1.29, 1.82) is 0 Å². The highest BCUT2D eigenvalue weighted by atomic mass is 16.2. The molecule has 1 heterocycles. The van der Waals surface area contributed by atoms with Crippen LogP contribution in [0.25, 0.3) is 0 Å². The van der Waals surface area contributed by atoms with E-state index in [4.69, 9.17) is 0 Å². The summed E-state index contributed by atoms with van der Waals surface area (Å²) in [7, 11) is 0. The van der Waals surface area contributed by atoms with E-state index < -0.39 is 0 Å². The van der Waals surface area contributed by atoms with Gasteiger partial charge in [-0.15, -0.1) is 0 Å². The second kappa shape index (κ2) is 5.24. The number of anilines is 1. The first kappa shape index (κ1) is 12.5. The molecule has 3 rings (SSSR count). The fourth-order valence-corrected chi connectivity index (χ4v) is 3.49. The lowest BCUT2D eigenvalue weighted by atomic mass is 9.85. The van der Waals surface area contributed by atoms with Crippen LogP contribution >= 0.6 is 0 Å². The summed E-state index contributed by atoms with van der Waals surface area (Å²) in [6, 6.07) is 8.58. The molecule has 0 aromatic heterocycles. The minimum absolute atomic E-state index is 0.0817. The summed E-state index contributed by atoms with van der Waals surface area (Å²) in [6.07, 6.45) is 6.29. The van der Waals surface area contributed by atoms with Crippen LogP contribution in [0, 0.1) is 12.8 Å². The summed E-state index contributed by atoms with van der Waals surface area (Å²) in [5.74, 6) is 0.748. The molecule has 2 aliphatic rings. The van der Waals surface area contributed by atoms with Crippen LogP contribution < -0.4 is 5.32 Å². The molecule has 1 saturated carbocycles. The number of rotatable bonds is 1. The number of urea groups is 1. The first-order valence-corrected chi connectivity index (χ1v) is 7.38. The first-order chi connectivity index (χ1) is 9.24. The van der Waals surface area contributed by atoms with Gasteiger partial charge in [-0.05, 0) is 44.2 Å². The normalized spacial score (nSPS) is 26.1.